The SMILES string of the molecule is Cc1ccnc(N2CC[C@H]3CNC[C@H]32)c1Br. The Morgan fingerprint density at radius 2 is 2.38 bits per heavy atom. The topological polar surface area (TPSA) is 28.2 Å². The van der Waals surface area contributed by atoms with Gasteiger partial charge in [-0.25, -0.2) is 4.98 Å². The Morgan fingerprint density at radius 3 is 3.25 bits per heavy atom. The molecule has 0 bridgehead atoms. The van der Waals surface area contributed by atoms with E-state index < -0.39 is 0 Å². The predicted octanol–water partition coefficient (Wildman–Crippen LogP) is 1.95. The molecule has 1 aromatic rings. The molecule has 0 unspecified atom stereocenters. The molecule has 0 aliphatic carbocycles. The number of hydrogen-bond donors (Lipinski definition) is 1. The summed E-state index contributed by atoms with van der Waals surface area (Å²) in [4.78, 5) is 6.99. The molecule has 86 valence electrons. The number of aryl methyl sites for hydroxylation is 1. The molecular weight excluding hydrogens is 266 g/mol. The van der Waals surface area contributed by atoms with Crippen LogP contribution >= 0.6 is 15.9 Å². The van der Waals surface area contributed by atoms with Gasteiger partial charge in [0.1, 0.15) is 5.82 Å². The number of rotatable bonds is 1. The van der Waals surface area contributed by atoms with Gasteiger partial charge in [0.25, 0.3) is 0 Å². The van der Waals surface area contributed by atoms with Crippen molar-refractivity contribution in [3.63, 3.8) is 0 Å². The largest absolute Gasteiger partial charge is 0.351 e. The van der Waals surface area contributed by atoms with E-state index in [0.29, 0.717) is 6.04 Å². The van der Waals surface area contributed by atoms with E-state index in [9.17, 15) is 0 Å². The zero-order valence-electron chi connectivity index (χ0n) is 9.41. The van der Waals surface area contributed by atoms with E-state index in [-0.39, 0.29) is 0 Å². The Hall–Kier alpha value is -0.610. The number of halogens is 1. The number of nitrogens with one attached hydrogen (secondary N) is 1. The summed E-state index contributed by atoms with van der Waals surface area (Å²) in [6.07, 6.45) is 3.20. The van der Waals surface area contributed by atoms with Crippen LogP contribution in [-0.2, 0) is 0 Å². The minimum Gasteiger partial charge on any atom is -0.351 e. The summed E-state index contributed by atoms with van der Waals surface area (Å²) >= 11 is 3.66. The monoisotopic (exact) mass is 281 g/mol. The number of fused-ring (bicyclic) bond motifs is 1. The highest BCUT2D eigenvalue weighted by Gasteiger charge is 2.38. The molecule has 2 atom stereocenters. The minimum atomic E-state index is 0.644. The first-order chi connectivity index (χ1) is 7.77. The predicted molar refractivity (Wildman–Crippen MR) is 68.8 cm³/mol. The maximum atomic E-state index is 4.53. The summed E-state index contributed by atoms with van der Waals surface area (Å²) in [5.74, 6) is 1.94. The third-order valence-electron chi connectivity index (χ3n) is 3.78. The summed E-state index contributed by atoms with van der Waals surface area (Å²) in [5, 5.41) is 3.47. The Labute approximate surface area is 104 Å². The van der Waals surface area contributed by atoms with Crippen LogP contribution in [0, 0.1) is 12.8 Å². The van der Waals surface area contributed by atoms with Crippen LogP contribution in [0.1, 0.15) is 12.0 Å². The highest BCUT2D eigenvalue weighted by molar-refractivity contribution is 9.10. The van der Waals surface area contributed by atoms with Crippen LogP contribution in [0.4, 0.5) is 5.82 Å². The number of hydrogen-bond acceptors (Lipinski definition) is 3. The molecule has 0 radical (unpaired) electrons. The van der Waals surface area contributed by atoms with E-state index in [1.54, 1.807) is 0 Å². The number of pyridine rings is 1. The van der Waals surface area contributed by atoms with Crippen molar-refractivity contribution in [1.82, 2.24) is 10.3 Å². The van der Waals surface area contributed by atoms with Gasteiger partial charge in [-0.15, -0.1) is 0 Å². The van der Waals surface area contributed by atoms with Crippen LogP contribution in [-0.4, -0.2) is 30.7 Å². The Kier molecular flexibility index (Phi) is 2.64. The molecule has 0 saturated carbocycles. The lowest BCUT2D eigenvalue weighted by Crippen LogP contribution is -2.35. The van der Waals surface area contributed by atoms with Gasteiger partial charge in [0, 0.05) is 31.9 Å². The van der Waals surface area contributed by atoms with Crippen LogP contribution in [0.3, 0.4) is 0 Å². The molecule has 0 amide bonds. The molecule has 0 aromatic carbocycles. The Balaban J connectivity index is 1.95. The van der Waals surface area contributed by atoms with E-state index in [1.165, 1.54) is 18.5 Å². The van der Waals surface area contributed by atoms with Crippen LogP contribution in [0.15, 0.2) is 16.7 Å². The average Bonchev–Trinajstić information content (AvgIpc) is 2.84. The molecule has 3 nitrogen and oxygen atoms in total. The smallest absolute Gasteiger partial charge is 0.143 e. The third kappa shape index (κ3) is 1.55. The van der Waals surface area contributed by atoms with Gasteiger partial charge in [0.2, 0.25) is 0 Å². The fourth-order valence-corrected chi connectivity index (χ4v) is 3.30. The van der Waals surface area contributed by atoms with Gasteiger partial charge in [0.05, 0.1) is 4.47 Å². The van der Waals surface area contributed by atoms with Crippen LogP contribution in [0.25, 0.3) is 0 Å². The van der Waals surface area contributed by atoms with Crippen molar-refractivity contribution in [2.45, 2.75) is 19.4 Å². The van der Waals surface area contributed by atoms with E-state index >= 15 is 0 Å². The average molecular weight is 282 g/mol. The van der Waals surface area contributed by atoms with Gasteiger partial charge >= 0.3 is 0 Å². The van der Waals surface area contributed by atoms with E-state index in [0.717, 1.165) is 29.3 Å². The van der Waals surface area contributed by atoms with Gasteiger partial charge in [-0.2, -0.15) is 0 Å². The summed E-state index contributed by atoms with van der Waals surface area (Å²) in [7, 11) is 0. The molecule has 3 heterocycles. The minimum absolute atomic E-state index is 0.644. The zero-order valence-corrected chi connectivity index (χ0v) is 11.0. The summed E-state index contributed by atoms with van der Waals surface area (Å²) < 4.78 is 1.16. The molecular formula is C12H16BrN3. The number of anilines is 1. The van der Waals surface area contributed by atoms with Crippen molar-refractivity contribution < 1.29 is 0 Å². The lowest BCUT2D eigenvalue weighted by atomic mass is 10.1. The lowest BCUT2D eigenvalue weighted by molar-refractivity contribution is 0.577. The zero-order chi connectivity index (χ0) is 11.1. The first kappa shape index (κ1) is 10.5. The van der Waals surface area contributed by atoms with Gasteiger partial charge < -0.3 is 10.2 Å². The standard InChI is InChI=1S/C12H16BrN3/c1-8-2-4-15-12(11(8)13)16-5-3-9-6-14-7-10(9)16/h2,4,9-10,14H,3,5-7H2,1H3/t9-,10+/m0/s1. The maximum absolute atomic E-state index is 4.53. The van der Waals surface area contributed by atoms with Gasteiger partial charge in [-0.3, -0.25) is 0 Å². The van der Waals surface area contributed by atoms with Gasteiger partial charge in [0.15, 0.2) is 0 Å². The van der Waals surface area contributed by atoms with Crippen LogP contribution < -0.4 is 10.2 Å². The Morgan fingerprint density at radius 1 is 1.50 bits per heavy atom. The van der Waals surface area contributed by atoms with Crippen molar-refractivity contribution in [3.8, 4) is 0 Å². The molecule has 2 aliphatic rings. The molecule has 1 aromatic heterocycles. The molecule has 2 saturated heterocycles. The third-order valence-corrected chi connectivity index (χ3v) is 4.76. The maximum Gasteiger partial charge on any atom is 0.143 e. The number of nitrogens with zero attached hydrogens (tertiary/aromatic N) is 2. The van der Waals surface area contributed by atoms with E-state index in [2.05, 4.69) is 38.1 Å². The fraction of sp³-hybridized carbons (Fsp3) is 0.583. The molecule has 2 fully saturated rings. The summed E-state index contributed by atoms with van der Waals surface area (Å²) in [6, 6.07) is 2.69. The lowest BCUT2D eigenvalue weighted by Gasteiger charge is -2.25. The molecule has 0 spiro atoms. The van der Waals surface area contributed by atoms with Crippen molar-refractivity contribution in [1.29, 1.82) is 0 Å². The van der Waals surface area contributed by atoms with Crippen molar-refractivity contribution >= 4 is 21.7 Å². The van der Waals surface area contributed by atoms with Crippen molar-refractivity contribution in [2.24, 2.45) is 5.92 Å². The van der Waals surface area contributed by atoms with Crippen LogP contribution in [0.2, 0.25) is 0 Å². The normalized spacial score (nSPS) is 28.5. The van der Waals surface area contributed by atoms with Gasteiger partial charge in [-0.05, 0) is 46.8 Å². The molecule has 1 N–H and O–H groups in total. The quantitative estimate of drug-likeness (QED) is 0.853. The van der Waals surface area contributed by atoms with Crippen molar-refractivity contribution in [3.05, 3.63) is 22.3 Å². The van der Waals surface area contributed by atoms with Crippen LogP contribution in [0.5, 0.6) is 0 Å². The number of aromatic nitrogens is 1. The van der Waals surface area contributed by atoms with E-state index in [4.69, 9.17) is 0 Å². The Bertz CT molecular complexity index is 407. The highest BCUT2D eigenvalue weighted by atomic mass is 79.9. The second-order valence-corrected chi connectivity index (χ2v) is 5.53. The second-order valence-electron chi connectivity index (χ2n) is 4.73. The summed E-state index contributed by atoms with van der Waals surface area (Å²) in [6.45, 7) is 5.54. The first-order valence-corrected chi connectivity index (χ1v) is 6.65. The van der Waals surface area contributed by atoms with E-state index in [1.807, 2.05) is 12.3 Å². The molecule has 3 rings (SSSR count). The first-order valence-electron chi connectivity index (χ1n) is 5.86. The second kappa shape index (κ2) is 4.00. The van der Waals surface area contributed by atoms with Gasteiger partial charge in [-0.1, -0.05) is 0 Å². The van der Waals surface area contributed by atoms with Crippen molar-refractivity contribution in [2.75, 3.05) is 24.5 Å². The molecule has 16 heavy (non-hydrogen) atoms. The molecule has 2 aliphatic heterocycles. The molecule has 4 heteroatoms. The highest BCUT2D eigenvalue weighted by Crippen LogP contribution is 2.35. The summed E-state index contributed by atoms with van der Waals surface area (Å²) in [5.41, 5.74) is 1.26. The fourth-order valence-electron chi connectivity index (χ4n) is 2.84.